The van der Waals surface area contributed by atoms with Gasteiger partial charge < -0.3 is 10.3 Å². The number of benzene rings is 1. The molecule has 0 spiro atoms. The van der Waals surface area contributed by atoms with Crippen molar-refractivity contribution >= 4 is 11.0 Å². The lowest BCUT2D eigenvalue weighted by atomic mass is 10.1. The van der Waals surface area contributed by atoms with Crippen LogP contribution in [0.5, 0.6) is 0 Å². The van der Waals surface area contributed by atoms with E-state index >= 15 is 0 Å². The van der Waals surface area contributed by atoms with E-state index in [-0.39, 0.29) is 0 Å². The summed E-state index contributed by atoms with van der Waals surface area (Å²) in [6.45, 7) is 5.08. The molecule has 3 heteroatoms. The van der Waals surface area contributed by atoms with E-state index in [1.165, 1.54) is 17.8 Å². The van der Waals surface area contributed by atoms with Gasteiger partial charge in [0, 0.05) is 20.0 Å². The maximum Gasteiger partial charge on any atom is 0.109 e. The third kappa shape index (κ3) is 2.50. The van der Waals surface area contributed by atoms with Gasteiger partial charge >= 0.3 is 0 Å². The van der Waals surface area contributed by atoms with Crippen molar-refractivity contribution in [1.29, 1.82) is 0 Å². The zero-order valence-corrected chi connectivity index (χ0v) is 10.9. The molecule has 92 valence electrons. The molecule has 1 aromatic heterocycles. The Balaban J connectivity index is 2.35. The van der Waals surface area contributed by atoms with Crippen LogP contribution in [0.3, 0.4) is 0 Å². The van der Waals surface area contributed by atoms with Gasteiger partial charge in [0.15, 0.2) is 0 Å². The predicted octanol–water partition coefficient (Wildman–Crippen LogP) is 2.62. The Kier molecular flexibility index (Phi) is 3.48. The van der Waals surface area contributed by atoms with E-state index in [0.29, 0.717) is 6.54 Å². The van der Waals surface area contributed by atoms with Gasteiger partial charge in [-0.3, -0.25) is 0 Å². The van der Waals surface area contributed by atoms with Gasteiger partial charge in [-0.2, -0.15) is 0 Å². The SMILES string of the molecule is CC(C)CCc1nc2ccc(CN)cc2n1C. The van der Waals surface area contributed by atoms with Gasteiger partial charge in [-0.25, -0.2) is 4.98 Å². The molecule has 0 bridgehead atoms. The summed E-state index contributed by atoms with van der Waals surface area (Å²) in [5.74, 6) is 1.89. The van der Waals surface area contributed by atoms with Gasteiger partial charge in [-0.05, 0) is 30.0 Å². The van der Waals surface area contributed by atoms with Crippen molar-refractivity contribution in [2.45, 2.75) is 33.2 Å². The minimum absolute atomic E-state index is 0.586. The van der Waals surface area contributed by atoms with Gasteiger partial charge in [-0.1, -0.05) is 19.9 Å². The third-order valence-electron chi connectivity index (χ3n) is 3.22. The molecule has 0 aliphatic rings. The van der Waals surface area contributed by atoms with Crippen LogP contribution in [0.15, 0.2) is 18.2 Å². The van der Waals surface area contributed by atoms with E-state index in [4.69, 9.17) is 5.73 Å². The Morgan fingerprint density at radius 3 is 2.76 bits per heavy atom. The predicted molar refractivity (Wildman–Crippen MR) is 71.8 cm³/mol. The highest BCUT2D eigenvalue weighted by Gasteiger charge is 2.08. The van der Waals surface area contributed by atoms with Crippen molar-refractivity contribution < 1.29 is 0 Å². The Morgan fingerprint density at radius 2 is 2.12 bits per heavy atom. The second-order valence-corrected chi connectivity index (χ2v) is 5.05. The molecule has 0 radical (unpaired) electrons. The number of hydrogen-bond donors (Lipinski definition) is 1. The fraction of sp³-hybridized carbons (Fsp3) is 0.500. The van der Waals surface area contributed by atoms with Crippen LogP contribution < -0.4 is 5.73 Å². The van der Waals surface area contributed by atoms with Gasteiger partial charge in [0.05, 0.1) is 11.0 Å². The first-order valence-corrected chi connectivity index (χ1v) is 6.26. The summed E-state index contributed by atoms with van der Waals surface area (Å²) >= 11 is 0. The fourth-order valence-corrected chi connectivity index (χ4v) is 2.05. The molecule has 3 nitrogen and oxygen atoms in total. The number of nitrogens with zero attached hydrogens (tertiary/aromatic N) is 2. The van der Waals surface area contributed by atoms with Gasteiger partial charge in [0.1, 0.15) is 5.82 Å². The van der Waals surface area contributed by atoms with E-state index < -0.39 is 0 Å². The standard InChI is InChI=1S/C14H21N3/c1-10(2)4-7-14-16-12-6-5-11(9-15)8-13(12)17(14)3/h5-6,8,10H,4,7,9,15H2,1-3H3. The average molecular weight is 231 g/mol. The van der Waals surface area contributed by atoms with Crippen molar-refractivity contribution in [3.63, 3.8) is 0 Å². The van der Waals surface area contributed by atoms with Crippen molar-refractivity contribution in [2.24, 2.45) is 18.7 Å². The first kappa shape index (κ1) is 12.1. The molecule has 0 fully saturated rings. The van der Waals surface area contributed by atoms with Crippen LogP contribution in [-0.4, -0.2) is 9.55 Å². The molecule has 0 aliphatic heterocycles. The maximum absolute atomic E-state index is 5.67. The molecule has 17 heavy (non-hydrogen) atoms. The molecule has 0 unspecified atom stereocenters. The monoisotopic (exact) mass is 231 g/mol. The number of rotatable bonds is 4. The van der Waals surface area contributed by atoms with Crippen LogP contribution in [0.25, 0.3) is 11.0 Å². The molecule has 0 atom stereocenters. The van der Waals surface area contributed by atoms with Crippen molar-refractivity contribution in [1.82, 2.24) is 9.55 Å². The van der Waals surface area contributed by atoms with Gasteiger partial charge in [-0.15, -0.1) is 0 Å². The summed E-state index contributed by atoms with van der Waals surface area (Å²) in [5, 5.41) is 0. The number of nitrogens with two attached hydrogens (primary N) is 1. The topological polar surface area (TPSA) is 43.8 Å². The van der Waals surface area contributed by atoms with Crippen LogP contribution in [0.1, 0.15) is 31.7 Å². The van der Waals surface area contributed by atoms with Crippen molar-refractivity contribution in [3.8, 4) is 0 Å². The van der Waals surface area contributed by atoms with E-state index in [0.717, 1.165) is 23.4 Å². The second kappa shape index (κ2) is 4.88. The molecule has 0 saturated carbocycles. The maximum atomic E-state index is 5.67. The Bertz CT molecular complexity index is 511. The van der Waals surface area contributed by atoms with Crippen LogP contribution in [0, 0.1) is 5.92 Å². The lowest BCUT2D eigenvalue weighted by Crippen LogP contribution is -2.01. The molecule has 2 N–H and O–H groups in total. The van der Waals surface area contributed by atoms with Gasteiger partial charge in [0.25, 0.3) is 0 Å². The Morgan fingerprint density at radius 1 is 1.35 bits per heavy atom. The molecule has 2 aromatic rings. The smallest absolute Gasteiger partial charge is 0.109 e. The molecule has 2 rings (SSSR count). The number of aromatic nitrogens is 2. The van der Waals surface area contributed by atoms with Crippen LogP contribution >= 0.6 is 0 Å². The fourth-order valence-electron chi connectivity index (χ4n) is 2.05. The third-order valence-corrected chi connectivity index (χ3v) is 3.22. The summed E-state index contributed by atoms with van der Waals surface area (Å²) in [7, 11) is 2.09. The number of imidazole rings is 1. The largest absolute Gasteiger partial charge is 0.331 e. The molecule has 1 heterocycles. The van der Waals surface area contributed by atoms with Crippen LogP contribution in [0.2, 0.25) is 0 Å². The van der Waals surface area contributed by atoms with Crippen molar-refractivity contribution in [2.75, 3.05) is 0 Å². The number of aryl methyl sites for hydroxylation is 2. The first-order chi connectivity index (χ1) is 8.11. The zero-order chi connectivity index (χ0) is 12.4. The highest BCUT2D eigenvalue weighted by Crippen LogP contribution is 2.18. The number of fused-ring (bicyclic) bond motifs is 1. The van der Waals surface area contributed by atoms with E-state index in [2.05, 4.69) is 48.6 Å². The normalized spacial score (nSPS) is 11.6. The Hall–Kier alpha value is -1.35. The summed E-state index contributed by atoms with van der Waals surface area (Å²) < 4.78 is 2.19. The van der Waals surface area contributed by atoms with Crippen molar-refractivity contribution in [3.05, 3.63) is 29.6 Å². The Labute approximate surface area is 103 Å². The summed E-state index contributed by atoms with van der Waals surface area (Å²) in [6, 6.07) is 6.26. The molecule has 1 aromatic carbocycles. The van der Waals surface area contributed by atoms with Crippen LogP contribution in [0.4, 0.5) is 0 Å². The summed E-state index contributed by atoms with van der Waals surface area (Å²) in [6.07, 6.45) is 2.22. The highest BCUT2D eigenvalue weighted by molar-refractivity contribution is 5.76. The molecular weight excluding hydrogens is 210 g/mol. The minimum Gasteiger partial charge on any atom is -0.331 e. The number of hydrogen-bond acceptors (Lipinski definition) is 2. The highest BCUT2D eigenvalue weighted by atomic mass is 15.1. The molecule has 0 amide bonds. The van der Waals surface area contributed by atoms with E-state index in [1.54, 1.807) is 0 Å². The molecular formula is C14H21N3. The minimum atomic E-state index is 0.586. The van der Waals surface area contributed by atoms with E-state index in [1.807, 2.05) is 0 Å². The lowest BCUT2D eigenvalue weighted by Gasteiger charge is -2.05. The molecule has 0 aliphatic carbocycles. The van der Waals surface area contributed by atoms with Crippen LogP contribution in [-0.2, 0) is 20.0 Å². The first-order valence-electron chi connectivity index (χ1n) is 6.26. The zero-order valence-electron chi connectivity index (χ0n) is 10.9. The molecule has 0 saturated heterocycles. The lowest BCUT2D eigenvalue weighted by molar-refractivity contribution is 0.568. The second-order valence-electron chi connectivity index (χ2n) is 5.05. The summed E-state index contributed by atoms with van der Waals surface area (Å²) in [4.78, 5) is 4.68. The van der Waals surface area contributed by atoms with Gasteiger partial charge in [0.2, 0.25) is 0 Å². The average Bonchev–Trinajstić information content (AvgIpc) is 2.63. The summed E-state index contributed by atoms with van der Waals surface area (Å²) in [5.41, 5.74) is 9.09. The quantitative estimate of drug-likeness (QED) is 0.879. The van der Waals surface area contributed by atoms with E-state index in [9.17, 15) is 0 Å².